The van der Waals surface area contributed by atoms with Gasteiger partial charge in [0.15, 0.2) is 5.78 Å². The second kappa shape index (κ2) is 5.00. The highest BCUT2D eigenvalue weighted by Gasteiger charge is 2.14. The van der Waals surface area contributed by atoms with Gasteiger partial charge in [0, 0.05) is 17.5 Å². The molecule has 0 atom stereocenters. The molecule has 3 nitrogen and oxygen atoms in total. The average Bonchev–Trinajstić information content (AvgIpc) is 2.38. The zero-order valence-electron chi connectivity index (χ0n) is 10.7. The molecule has 2 rings (SSSR count). The minimum absolute atomic E-state index is 0.0407. The molecule has 0 N–H and O–H groups in total. The highest BCUT2D eigenvalue weighted by atomic mass is 16.5. The van der Waals surface area contributed by atoms with Gasteiger partial charge in [0.1, 0.15) is 5.75 Å². The smallest absolute Gasteiger partial charge is 0.196 e. The number of carbonyl (C=O) groups excluding carboxylic acids is 1. The van der Waals surface area contributed by atoms with Crippen molar-refractivity contribution in [3.63, 3.8) is 0 Å². The number of methoxy groups -OCH3 is 1. The molecule has 1 aromatic heterocycles. The zero-order valence-corrected chi connectivity index (χ0v) is 10.7. The summed E-state index contributed by atoms with van der Waals surface area (Å²) in [5.41, 5.74) is 3.08. The molecule has 0 unspecified atom stereocenters. The number of nitrogens with zero attached hydrogens (tertiary/aromatic N) is 1. The van der Waals surface area contributed by atoms with Crippen LogP contribution in [-0.2, 0) is 0 Å². The Balaban J connectivity index is 2.48. The Morgan fingerprint density at radius 3 is 2.61 bits per heavy atom. The number of ketones is 1. The third-order valence-electron chi connectivity index (χ3n) is 2.76. The first-order valence-corrected chi connectivity index (χ1v) is 5.74. The van der Waals surface area contributed by atoms with E-state index in [1.807, 2.05) is 32.0 Å². The molecule has 3 heteroatoms. The number of benzene rings is 1. The van der Waals surface area contributed by atoms with Crippen molar-refractivity contribution in [2.45, 2.75) is 13.8 Å². The molecule has 2 aromatic rings. The number of aromatic nitrogens is 1. The summed E-state index contributed by atoms with van der Waals surface area (Å²) in [6.07, 6.45) is 1.64. The third kappa shape index (κ3) is 2.40. The standard InChI is InChI=1S/C15H15NO2/c1-10-4-5-14(18-3)13(8-10)15(17)12-6-7-16-11(2)9-12/h4-9H,1-3H3. The number of rotatable bonds is 3. The largest absolute Gasteiger partial charge is 0.496 e. The van der Waals surface area contributed by atoms with Crippen LogP contribution in [-0.4, -0.2) is 17.9 Å². The van der Waals surface area contributed by atoms with E-state index >= 15 is 0 Å². The van der Waals surface area contributed by atoms with E-state index in [1.165, 1.54) is 0 Å². The average molecular weight is 241 g/mol. The Morgan fingerprint density at radius 2 is 1.94 bits per heavy atom. The number of hydrogen-bond acceptors (Lipinski definition) is 3. The molecule has 0 bridgehead atoms. The summed E-state index contributed by atoms with van der Waals surface area (Å²) >= 11 is 0. The van der Waals surface area contributed by atoms with Gasteiger partial charge >= 0.3 is 0 Å². The van der Waals surface area contributed by atoms with Crippen LogP contribution in [0.4, 0.5) is 0 Å². The number of pyridine rings is 1. The molecule has 0 saturated heterocycles. The predicted octanol–water partition coefficient (Wildman–Crippen LogP) is 2.94. The summed E-state index contributed by atoms with van der Waals surface area (Å²) in [6.45, 7) is 3.82. The second-order valence-electron chi connectivity index (χ2n) is 4.22. The van der Waals surface area contributed by atoms with Gasteiger partial charge in [-0.2, -0.15) is 0 Å². The first-order chi connectivity index (χ1) is 8.61. The molecule has 92 valence electrons. The van der Waals surface area contributed by atoms with Gasteiger partial charge in [-0.25, -0.2) is 0 Å². The molecule has 0 aliphatic heterocycles. The van der Waals surface area contributed by atoms with Gasteiger partial charge in [-0.15, -0.1) is 0 Å². The van der Waals surface area contributed by atoms with E-state index in [1.54, 1.807) is 25.4 Å². The van der Waals surface area contributed by atoms with E-state index in [-0.39, 0.29) is 5.78 Å². The van der Waals surface area contributed by atoms with E-state index < -0.39 is 0 Å². The Bertz CT molecular complexity index is 591. The summed E-state index contributed by atoms with van der Waals surface area (Å²) in [5, 5.41) is 0. The van der Waals surface area contributed by atoms with Crippen LogP contribution in [0, 0.1) is 13.8 Å². The Kier molecular flexibility index (Phi) is 3.42. The first-order valence-electron chi connectivity index (χ1n) is 5.74. The highest BCUT2D eigenvalue weighted by Crippen LogP contribution is 2.22. The van der Waals surface area contributed by atoms with Crippen molar-refractivity contribution < 1.29 is 9.53 Å². The molecule has 0 spiro atoms. The van der Waals surface area contributed by atoms with Crippen LogP contribution in [0.3, 0.4) is 0 Å². The van der Waals surface area contributed by atoms with E-state index in [9.17, 15) is 4.79 Å². The van der Waals surface area contributed by atoms with Crippen LogP contribution in [0.5, 0.6) is 5.75 Å². The fourth-order valence-electron chi connectivity index (χ4n) is 1.84. The molecular weight excluding hydrogens is 226 g/mol. The minimum Gasteiger partial charge on any atom is -0.496 e. The van der Waals surface area contributed by atoms with Crippen LogP contribution in [0.2, 0.25) is 0 Å². The molecular formula is C15H15NO2. The lowest BCUT2D eigenvalue weighted by Crippen LogP contribution is -2.05. The summed E-state index contributed by atoms with van der Waals surface area (Å²) < 4.78 is 5.24. The SMILES string of the molecule is COc1ccc(C)cc1C(=O)c1ccnc(C)c1. The van der Waals surface area contributed by atoms with Crippen LogP contribution in [0.25, 0.3) is 0 Å². The fraction of sp³-hybridized carbons (Fsp3) is 0.200. The first kappa shape index (κ1) is 12.3. The van der Waals surface area contributed by atoms with Crippen molar-refractivity contribution in [2.24, 2.45) is 0 Å². The molecule has 0 fully saturated rings. The maximum atomic E-state index is 12.4. The van der Waals surface area contributed by atoms with Gasteiger partial charge in [-0.05, 0) is 38.1 Å². The monoisotopic (exact) mass is 241 g/mol. The normalized spacial score (nSPS) is 10.2. The quantitative estimate of drug-likeness (QED) is 0.775. The van der Waals surface area contributed by atoms with Gasteiger partial charge < -0.3 is 4.74 Å². The second-order valence-corrected chi connectivity index (χ2v) is 4.22. The van der Waals surface area contributed by atoms with Crippen molar-refractivity contribution in [1.29, 1.82) is 0 Å². The fourth-order valence-corrected chi connectivity index (χ4v) is 1.84. The maximum Gasteiger partial charge on any atom is 0.196 e. The van der Waals surface area contributed by atoms with Gasteiger partial charge in [0.2, 0.25) is 0 Å². The van der Waals surface area contributed by atoms with E-state index in [2.05, 4.69) is 4.98 Å². The van der Waals surface area contributed by atoms with Crippen molar-refractivity contribution in [3.05, 3.63) is 58.9 Å². The van der Waals surface area contributed by atoms with E-state index in [0.29, 0.717) is 16.9 Å². The predicted molar refractivity (Wildman–Crippen MR) is 70.1 cm³/mol. The molecule has 0 aliphatic carbocycles. The van der Waals surface area contributed by atoms with Crippen molar-refractivity contribution in [2.75, 3.05) is 7.11 Å². The summed E-state index contributed by atoms with van der Waals surface area (Å²) in [6, 6.07) is 9.09. The lowest BCUT2D eigenvalue weighted by Gasteiger charge is -2.08. The summed E-state index contributed by atoms with van der Waals surface area (Å²) in [5.74, 6) is 0.557. The molecule has 0 radical (unpaired) electrons. The van der Waals surface area contributed by atoms with Gasteiger partial charge in [-0.1, -0.05) is 11.6 Å². The lowest BCUT2D eigenvalue weighted by molar-refractivity contribution is 0.103. The van der Waals surface area contributed by atoms with Crippen LogP contribution < -0.4 is 4.74 Å². The highest BCUT2D eigenvalue weighted by molar-refractivity contribution is 6.10. The Morgan fingerprint density at radius 1 is 1.17 bits per heavy atom. The lowest BCUT2D eigenvalue weighted by atomic mass is 10.0. The molecule has 18 heavy (non-hydrogen) atoms. The van der Waals surface area contributed by atoms with Crippen LogP contribution in [0.1, 0.15) is 27.2 Å². The van der Waals surface area contributed by atoms with E-state index in [4.69, 9.17) is 4.74 Å². The van der Waals surface area contributed by atoms with Gasteiger partial charge in [0.25, 0.3) is 0 Å². The number of carbonyl (C=O) groups is 1. The summed E-state index contributed by atoms with van der Waals surface area (Å²) in [7, 11) is 1.57. The topological polar surface area (TPSA) is 39.2 Å². The molecule has 1 heterocycles. The maximum absolute atomic E-state index is 12.4. The van der Waals surface area contributed by atoms with Crippen molar-refractivity contribution in [3.8, 4) is 5.75 Å². The van der Waals surface area contributed by atoms with E-state index in [0.717, 1.165) is 11.3 Å². The Hall–Kier alpha value is -2.16. The van der Waals surface area contributed by atoms with Gasteiger partial charge in [0.05, 0.1) is 12.7 Å². The molecule has 0 aliphatic rings. The minimum atomic E-state index is -0.0407. The van der Waals surface area contributed by atoms with Crippen LogP contribution in [0.15, 0.2) is 36.5 Å². The number of hydrogen-bond donors (Lipinski definition) is 0. The van der Waals surface area contributed by atoms with Crippen LogP contribution >= 0.6 is 0 Å². The zero-order chi connectivity index (χ0) is 13.1. The molecule has 0 saturated carbocycles. The van der Waals surface area contributed by atoms with Gasteiger partial charge in [-0.3, -0.25) is 9.78 Å². The Labute approximate surface area is 106 Å². The summed E-state index contributed by atoms with van der Waals surface area (Å²) in [4.78, 5) is 16.5. The van der Waals surface area contributed by atoms with Crippen molar-refractivity contribution >= 4 is 5.78 Å². The third-order valence-corrected chi connectivity index (χ3v) is 2.76. The number of aryl methyl sites for hydroxylation is 2. The number of ether oxygens (including phenoxy) is 1. The van der Waals surface area contributed by atoms with Crippen molar-refractivity contribution in [1.82, 2.24) is 4.98 Å². The molecule has 1 aromatic carbocycles. The molecule has 0 amide bonds.